The maximum absolute atomic E-state index is 14.6. The van der Waals surface area contributed by atoms with Gasteiger partial charge in [-0.15, -0.1) is 0 Å². The number of benzene rings is 2. The van der Waals surface area contributed by atoms with Crippen molar-refractivity contribution in [3.8, 4) is 5.75 Å². The summed E-state index contributed by atoms with van der Waals surface area (Å²) in [7, 11) is 0. The van der Waals surface area contributed by atoms with Gasteiger partial charge in [-0.25, -0.2) is 4.39 Å². The third-order valence-electron chi connectivity index (χ3n) is 5.54. The van der Waals surface area contributed by atoms with E-state index in [1.807, 2.05) is 19.1 Å². The van der Waals surface area contributed by atoms with Gasteiger partial charge in [0.25, 0.3) is 5.91 Å². The minimum atomic E-state index is -0.431. The van der Waals surface area contributed by atoms with Gasteiger partial charge in [-0.3, -0.25) is 9.69 Å². The third-order valence-corrected chi connectivity index (χ3v) is 5.77. The molecule has 2 aromatic carbocycles. The molecular formula is C27H34ClFN4O2. The zero-order valence-corrected chi connectivity index (χ0v) is 21.4. The molecule has 0 radical (unpaired) electrons. The minimum absolute atomic E-state index is 0.240. The topological polar surface area (TPSA) is 66.0 Å². The number of carbonyl (C=O) groups excluding carboxylic acids is 1. The summed E-state index contributed by atoms with van der Waals surface area (Å²) in [6.07, 6.45) is 5.72. The van der Waals surface area contributed by atoms with Crippen LogP contribution in [-0.4, -0.2) is 36.3 Å². The maximum Gasteiger partial charge on any atom is 0.256 e. The van der Waals surface area contributed by atoms with Crippen molar-refractivity contribution in [2.45, 2.75) is 46.7 Å². The molecule has 1 aliphatic heterocycles. The largest absolute Gasteiger partial charge is 0.493 e. The van der Waals surface area contributed by atoms with Gasteiger partial charge in [0.15, 0.2) is 5.84 Å². The predicted octanol–water partition coefficient (Wildman–Crippen LogP) is 5.52. The third kappa shape index (κ3) is 8.37. The van der Waals surface area contributed by atoms with Crippen LogP contribution in [0.15, 0.2) is 53.7 Å². The lowest BCUT2D eigenvalue weighted by atomic mass is 10.1. The molecule has 35 heavy (non-hydrogen) atoms. The molecule has 188 valence electrons. The van der Waals surface area contributed by atoms with Crippen LogP contribution in [0.2, 0.25) is 5.02 Å². The average molecular weight is 501 g/mol. The first-order valence-electron chi connectivity index (χ1n) is 12.0. The smallest absolute Gasteiger partial charge is 0.256 e. The number of hydrazone groups is 1. The van der Waals surface area contributed by atoms with Crippen molar-refractivity contribution in [3.05, 3.63) is 76.1 Å². The fraction of sp³-hybridized carbons (Fsp3) is 0.407. The van der Waals surface area contributed by atoms with Gasteiger partial charge in [-0.2, -0.15) is 5.10 Å². The molecule has 1 fully saturated rings. The Bertz CT molecular complexity index is 1070. The number of allylic oxidation sites excluding steroid dienone is 1. The van der Waals surface area contributed by atoms with Crippen LogP contribution in [0.1, 0.15) is 55.1 Å². The molecule has 0 aliphatic carbocycles. The number of amides is 1. The Morgan fingerprint density at radius 2 is 1.97 bits per heavy atom. The molecule has 1 amide bonds. The van der Waals surface area contributed by atoms with Crippen LogP contribution in [0.5, 0.6) is 5.75 Å². The Morgan fingerprint density at radius 1 is 1.20 bits per heavy atom. The van der Waals surface area contributed by atoms with Crippen LogP contribution in [0, 0.1) is 11.7 Å². The van der Waals surface area contributed by atoms with E-state index in [4.69, 9.17) is 16.3 Å². The fourth-order valence-electron chi connectivity index (χ4n) is 3.74. The van der Waals surface area contributed by atoms with Crippen LogP contribution in [-0.2, 0) is 13.1 Å². The monoisotopic (exact) mass is 500 g/mol. The number of halogens is 2. The molecule has 0 unspecified atom stereocenters. The van der Waals surface area contributed by atoms with Crippen molar-refractivity contribution in [2.75, 3.05) is 19.7 Å². The van der Waals surface area contributed by atoms with E-state index < -0.39 is 5.91 Å². The SMILES string of the molecule is C/C=C/C(=N\NCc1cc(Cl)ccc1OCC(C)C)NC(=O)c1ccc(CN2CCCC2)c(F)c1. The summed E-state index contributed by atoms with van der Waals surface area (Å²) in [6, 6.07) is 10.1. The molecule has 0 aromatic heterocycles. The molecule has 1 aliphatic rings. The molecule has 2 aromatic rings. The highest BCUT2D eigenvalue weighted by molar-refractivity contribution is 6.30. The van der Waals surface area contributed by atoms with Crippen LogP contribution < -0.4 is 15.5 Å². The second kappa shape index (κ2) is 13.3. The van der Waals surface area contributed by atoms with Crippen molar-refractivity contribution in [3.63, 3.8) is 0 Å². The summed E-state index contributed by atoms with van der Waals surface area (Å²) in [5, 5.41) is 7.63. The number of amidine groups is 1. The normalized spacial score (nSPS) is 14.6. The lowest BCUT2D eigenvalue weighted by Gasteiger charge is -2.15. The Hall–Kier alpha value is -2.90. The summed E-state index contributed by atoms with van der Waals surface area (Å²) in [5.41, 5.74) is 4.66. The van der Waals surface area contributed by atoms with Crippen LogP contribution in [0.4, 0.5) is 4.39 Å². The second-order valence-corrected chi connectivity index (χ2v) is 9.47. The van der Waals surface area contributed by atoms with Gasteiger partial charge >= 0.3 is 0 Å². The van der Waals surface area contributed by atoms with Crippen molar-refractivity contribution < 1.29 is 13.9 Å². The molecule has 0 atom stereocenters. The van der Waals surface area contributed by atoms with Gasteiger partial charge in [0.1, 0.15) is 11.6 Å². The standard InChI is InChI=1S/C27H34ClFN4O2/c1-4-7-26(32-30-16-22-14-23(28)10-11-25(22)35-18-19(2)3)31-27(34)20-8-9-21(24(29)15-20)17-33-12-5-6-13-33/h4,7-11,14-15,19,30H,5-6,12-13,16-18H2,1-3H3,(H,31,32,34)/b7-4+. The Labute approximate surface area is 212 Å². The minimum Gasteiger partial charge on any atom is -0.493 e. The van der Waals surface area contributed by atoms with E-state index in [1.54, 1.807) is 30.4 Å². The molecule has 6 nitrogen and oxygen atoms in total. The number of ether oxygens (including phenoxy) is 1. The predicted molar refractivity (Wildman–Crippen MR) is 139 cm³/mol. The zero-order chi connectivity index (χ0) is 25.2. The average Bonchev–Trinajstić information content (AvgIpc) is 3.33. The summed E-state index contributed by atoms with van der Waals surface area (Å²) in [6.45, 7) is 9.46. The Morgan fingerprint density at radius 3 is 2.66 bits per heavy atom. The molecule has 0 bridgehead atoms. The summed E-state index contributed by atoms with van der Waals surface area (Å²) in [4.78, 5) is 15.0. The molecule has 0 saturated carbocycles. The summed E-state index contributed by atoms with van der Waals surface area (Å²) in [5.74, 6) is 0.624. The number of nitrogens with one attached hydrogen (secondary N) is 2. The Kier molecular flexibility index (Phi) is 10.1. The van der Waals surface area contributed by atoms with Crippen molar-refractivity contribution >= 4 is 23.3 Å². The van der Waals surface area contributed by atoms with Gasteiger partial charge in [0.2, 0.25) is 0 Å². The first kappa shape index (κ1) is 26.7. The zero-order valence-electron chi connectivity index (χ0n) is 20.6. The first-order valence-corrected chi connectivity index (χ1v) is 12.4. The van der Waals surface area contributed by atoms with E-state index in [0.29, 0.717) is 42.0 Å². The number of hydrogen-bond acceptors (Lipinski definition) is 5. The second-order valence-electron chi connectivity index (χ2n) is 9.03. The van der Waals surface area contributed by atoms with Gasteiger partial charge < -0.3 is 15.5 Å². The molecule has 0 spiro atoms. The van der Waals surface area contributed by atoms with E-state index in [-0.39, 0.29) is 11.4 Å². The maximum atomic E-state index is 14.6. The van der Waals surface area contributed by atoms with Gasteiger partial charge in [0, 0.05) is 28.3 Å². The Balaban J connectivity index is 1.63. The van der Waals surface area contributed by atoms with Crippen molar-refractivity contribution in [1.82, 2.24) is 15.6 Å². The molecular weight excluding hydrogens is 467 g/mol. The lowest BCUT2D eigenvalue weighted by molar-refractivity contribution is 0.0976. The van der Waals surface area contributed by atoms with Crippen LogP contribution in [0.3, 0.4) is 0 Å². The molecule has 1 heterocycles. The van der Waals surface area contributed by atoms with Crippen LogP contribution in [0.25, 0.3) is 0 Å². The van der Waals surface area contributed by atoms with E-state index >= 15 is 0 Å². The van der Waals surface area contributed by atoms with E-state index in [9.17, 15) is 9.18 Å². The number of likely N-dealkylation sites (tertiary alicyclic amines) is 1. The number of carbonyl (C=O) groups is 1. The van der Waals surface area contributed by atoms with E-state index in [2.05, 4.69) is 34.6 Å². The van der Waals surface area contributed by atoms with E-state index in [0.717, 1.165) is 37.2 Å². The molecule has 3 rings (SSSR count). The van der Waals surface area contributed by atoms with E-state index in [1.165, 1.54) is 6.07 Å². The van der Waals surface area contributed by atoms with Gasteiger partial charge in [-0.1, -0.05) is 37.6 Å². The van der Waals surface area contributed by atoms with Crippen molar-refractivity contribution in [1.29, 1.82) is 0 Å². The number of hydrogen-bond donors (Lipinski definition) is 2. The number of nitrogens with zero attached hydrogens (tertiary/aromatic N) is 2. The molecule has 8 heteroatoms. The molecule has 1 saturated heterocycles. The van der Waals surface area contributed by atoms with Crippen molar-refractivity contribution in [2.24, 2.45) is 11.0 Å². The molecule has 2 N–H and O–H groups in total. The highest BCUT2D eigenvalue weighted by atomic mass is 35.5. The number of rotatable bonds is 10. The quantitative estimate of drug-likeness (QED) is 0.256. The highest BCUT2D eigenvalue weighted by Gasteiger charge is 2.16. The first-order chi connectivity index (χ1) is 16.9. The van der Waals surface area contributed by atoms with Crippen LogP contribution >= 0.6 is 11.6 Å². The fourth-order valence-corrected chi connectivity index (χ4v) is 3.94. The summed E-state index contributed by atoms with van der Waals surface area (Å²) < 4.78 is 20.5. The van der Waals surface area contributed by atoms with Gasteiger partial charge in [-0.05, 0) is 75.2 Å². The lowest BCUT2D eigenvalue weighted by Crippen LogP contribution is -2.31. The highest BCUT2D eigenvalue weighted by Crippen LogP contribution is 2.23. The van der Waals surface area contributed by atoms with Gasteiger partial charge in [0.05, 0.1) is 13.2 Å². The summed E-state index contributed by atoms with van der Waals surface area (Å²) >= 11 is 6.16.